The molecular formula is C20H14O3S. The number of fused-ring (bicyclic) bond motifs is 3. The molecule has 0 N–H and O–H groups in total. The van der Waals surface area contributed by atoms with Crippen molar-refractivity contribution in [2.45, 2.75) is 0 Å². The number of aromatic carboxylic acids is 1. The van der Waals surface area contributed by atoms with Gasteiger partial charge in [0.15, 0.2) is 15.1 Å². The van der Waals surface area contributed by atoms with Crippen molar-refractivity contribution in [3.05, 3.63) is 72.3 Å². The number of rotatable bonds is 3. The first-order valence-corrected chi connectivity index (χ1v) is 8.75. The van der Waals surface area contributed by atoms with E-state index in [0.717, 1.165) is 4.90 Å². The molecule has 0 radical (unpaired) electrons. The van der Waals surface area contributed by atoms with Gasteiger partial charge in [-0.3, -0.25) is 0 Å². The van der Waals surface area contributed by atoms with Gasteiger partial charge in [0.2, 0.25) is 4.90 Å². The first-order valence-electron chi connectivity index (χ1n) is 7.53. The lowest BCUT2D eigenvalue weighted by Crippen LogP contribution is -2.22. The lowest BCUT2D eigenvalue weighted by Gasteiger charge is -2.06. The fourth-order valence-corrected chi connectivity index (χ4v) is 5.59. The number of carboxylic acids is 1. The highest BCUT2D eigenvalue weighted by molar-refractivity contribution is 7.50. The number of ether oxygens (including phenoxy) is 1. The van der Waals surface area contributed by atoms with E-state index in [-0.39, 0.29) is 5.56 Å². The van der Waals surface area contributed by atoms with E-state index in [0.29, 0.717) is 5.75 Å². The average molecular weight is 334 g/mol. The highest BCUT2D eigenvalue weighted by Crippen LogP contribution is 2.51. The zero-order valence-corrected chi connectivity index (χ0v) is 13.8. The van der Waals surface area contributed by atoms with E-state index in [1.54, 1.807) is 19.2 Å². The number of carbonyl (C=O) groups is 1. The minimum atomic E-state index is -1.18. The molecular weight excluding hydrogens is 320 g/mol. The fraction of sp³-hybridized carbons (Fsp3) is 0.0500. The van der Waals surface area contributed by atoms with Crippen molar-refractivity contribution >= 4 is 36.6 Å². The Bertz CT molecular complexity index is 1030. The number of carboxylic acid groups (broad SMARTS) is 1. The summed E-state index contributed by atoms with van der Waals surface area (Å²) in [7, 11) is 1.21. The Morgan fingerprint density at radius 3 is 2.04 bits per heavy atom. The molecule has 0 saturated carbocycles. The van der Waals surface area contributed by atoms with Crippen LogP contribution in [-0.2, 0) is 0 Å². The molecule has 0 atom stereocenters. The molecule has 24 heavy (non-hydrogen) atoms. The molecule has 3 aromatic carbocycles. The van der Waals surface area contributed by atoms with Gasteiger partial charge in [0.05, 0.1) is 13.1 Å². The van der Waals surface area contributed by atoms with Gasteiger partial charge in [0, 0.05) is 32.9 Å². The minimum absolute atomic E-state index is 0.167. The molecule has 118 valence electrons. The Labute approximate surface area is 141 Å². The lowest BCUT2D eigenvalue weighted by molar-refractivity contribution is -0.255. The molecule has 3 nitrogen and oxygen atoms in total. The maximum absolute atomic E-state index is 11.3. The zero-order chi connectivity index (χ0) is 16.7. The van der Waals surface area contributed by atoms with E-state index < -0.39 is 16.4 Å². The molecule has 0 amide bonds. The maximum atomic E-state index is 11.3. The van der Waals surface area contributed by atoms with Gasteiger partial charge in [-0.2, -0.15) is 0 Å². The topological polar surface area (TPSA) is 49.4 Å². The van der Waals surface area contributed by atoms with Gasteiger partial charge in [0.1, 0.15) is 0 Å². The quantitative estimate of drug-likeness (QED) is 0.530. The third-order valence-corrected chi connectivity index (χ3v) is 6.47. The Kier molecular flexibility index (Phi) is 3.47. The van der Waals surface area contributed by atoms with E-state index in [1.807, 2.05) is 24.3 Å². The van der Waals surface area contributed by atoms with Crippen molar-refractivity contribution in [3.63, 3.8) is 0 Å². The van der Waals surface area contributed by atoms with Crippen molar-refractivity contribution in [2.24, 2.45) is 0 Å². The number of methoxy groups -OCH3 is 1. The first kappa shape index (κ1) is 14.7. The van der Waals surface area contributed by atoms with Gasteiger partial charge in [-0.1, -0.05) is 24.3 Å². The Balaban J connectivity index is 2.16. The second-order valence-electron chi connectivity index (χ2n) is 5.45. The molecule has 4 rings (SSSR count). The molecule has 0 bridgehead atoms. The summed E-state index contributed by atoms with van der Waals surface area (Å²) >= 11 is 0. The highest BCUT2D eigenvalue weighted by Gasteiger charge is 2.26. The van der Waals surface area contributed by atoms with Crippen LogP contribution in [0, 0.1) is 0 Å². The van der Waals surface area contributed by atoms with Crippen molar-refractivity contribution in [2.75, 3.05) is 7.11 Å². The minimum Gasteiger partial charge on any atom is -0.545 e. The smallest absolute Gasteiger partial charge is 0.222 e. The summed E-state index contributed by atoms with van der Waals surface area (Å²) in [6, 6.07) is 21.4. The Morgan fingerprint density at radius 2 is 1.50 bits per heavy atom. The van der Waals surface area contributed by atoms with Crippen LogP contribution in [-0.4, -0.2) is 13.1 Å². The number of carbonyl (C=O) groups excluding carboxylic acids is 1. The summed E-state index contributed by atoms with van der Waals surface area (Å²) < 4.78 is 7.89. The number of thiophene rings is 1. The van der Waals surface area contributed by atoms with Crippen molar-refractivity contribution in [1.82, 2.24) is 0 Å². The summed E-state index contributed by atoms with van der Waals surface area (Å²) in [5, 5.41) is 13.7. The normalized spacial score (nSPS) is 11.0. The van der Waals surface area contributed by atoms with Crippen molar-refractivity contribution in [3.8, 4) is 10.6 Å². The van der Waals surface area contributed by atoms with Crippen LogP contribution in [0.3, 0.4) is 0 Å². The third kappa shape index (κ3) is 2.15. The first-order chi connectivity index (χ1) is 11.7. The molecule has 0 unspecified atom stereocenters. The molecule has 4 heteroatoms. The molecule has 0 spiro atoms. The highest BCUT2D eigenvalue weighted by atomic mass is 32.2. The van der Waals surface area contributed by atoms with Gasteiger partial charge in [-0.25, -0.2) is 0 Å². The lowest BCUT2D eigenvalue weighted by atomic mass is 10.2. The van der Waals surface area contributed by atoms with Crippen LogP contribution in [0.2, 0.25) is 0 Å². The molecule has 1 heterocycles. The summed E-state index contributed by atoms with van der Waals surface area (Å²) in [5.74, 6) is -0.488. The molecule has 0 aliphatic rings. The number of benzene rings is 3. The summed E-state index contributed by atoms with van der Waals surface area (Å²) in [4.78, 5) is 12.2. The van der Waals surface area contributed by atoms with Crippen LogP contribution < -0.4 is 9.84 Å². The van der Waals surface area contributed by atoms with Gasteiger partial charge in [-0.15, -0.1) is 0 Å². The summed E-state index contributed by atoms with van der Waals surface area (Å²) in [5.41, 5.74) is 0.167. The van der Waals surface area contributed by atoms with Gasteiger partial charge in [0.25, 0.3) is 0 Å². The van der Waals surface area contributed by atoms with E-state index in [1.165, 1.54) is 26.2 Å². The third-order valence-electron chi connectivity index (χ3n) is 4.12. The average Bonchev–Trinajstić information content (AvgIpc) is 2.95. The molecule has 0 saturated heterocycles. The van der Waals surface area contributed by atoms with Crippen molar-refractivity contribution in [1.29, 1.82) is 0 Å². The molecule has 0 aliphatic heterocycles. The second-order valence-corrected chi connectivity index (χ2v) is 7.38. The number of hydrogen-bond acceptors (Lipinski definition) is 3. The van der Waals surface area contributed by atoms with Gasteiger partial charge in [-0.05, 0) is 36.4 Å². The summed E-state index contributed by atoms with van der Waals surface area (Å²) in [6.07, 6.45) is 0. The largest absolute Gasteiger partial charge is 0.545 e. The standard InChI is InChI=1S/C20H14O3S/c1-23-16-11-10-13(20(21)22)12-19(16)24-17-8-4-2-6-14(17)15-7-3-5-9-18(15)24/h2-12H,1H3. The van der Waals surface area contributed by atoms with E-state index in [2.05, 4.69) is 24.3 Å². The van der Waals surface area contributed by atoms with Crippen LogP contribution >= 0.6 is 10.5 Å². The monoisotopic (exact) mass is 334 g/mol. The molecule has 1 aromatic heterocycles. The van der Waals surface area contributed by atoms with Crippen LogP contribution in [0.1, 0.15) is 10.4 Å². The van der Waals surface area contributed by atoms with Crippen LogP contribution in [0.15, 0.2) is 66.7 Å². The van der Waals surface area contributed by atoms with Crippen LogP contribution in [0.25, 0.3) is 25.1 Å². The van der Waals surface area contributed by atoms with E-state index >= 15 is 0 Å². The molecule has 0 fully saturated rings. The Morgan fingerprint density at radius 1 is 0.917 bits per heavy atom. The molecule has 4 aromatic rings. The van der Waals surface area contributed by atoms with Crippen molar-refractivity contribution < 1.29 is 14.6 Å². The molecule has 0 aliphatic carbocycles. The van der Waals surface area contributed by atoms with E-state index in [4.69, 9.17) is 4.74 Å². The predicted octanol–water partition coefficient (Wildman–Crippen LogP) is 4.10. The zero-order valence-electron chi connectivity index (χ0n) is 13.0. The maximum Gasteiger partial charge on any atom is 0.222 e. The fourth-order valence-electron chi connectivity index (χ4n) is 3.05. The van der Waals surface area contributed by atoms with Crippen LogP contribution in [0.4, 0.5) is 0 Å². The van der Waals surface area contributed by atoms with Crippen LogP contribution in [0.5, 0.6) is 5.75 Å². The second kappa shape index (κ2) is 5.65. The summed E-state index contributed by atoms with van der Waals surface area (Å²) in [6.45, 7) is 0. The Hall–Kier alpha value is -2.85. The predicted molar refractivity (Wildman–Crippen MR) is 96.2 cm³/mol. The SMILES string of the molecule is COc1ccc(C(=O)[O-])cc1-[s+]1c2ccccc2c2ccccc21. The van der Waals surface area contributed by atoms with Gasteiger partial charge >= 0.3 is 0 Å². The van der Waals surface area contributed by atoms with E-state index in [9.17, 15) is 9.90 Å². The van der Waals surface area contributed by atoms with Gasteiger partial charge < -0.3 is 14.6 Å². The number of hydrogen-bond donors (Lipinski definition) is 0.